The van der Waals surface area contributed by atoms with Crippen molar-refractivity contribution < 1.29 is 24.5 Å². The summed E-state index contributed by atoms with van der Waals surface area (Å²) in [5, 5.41) is 22.3. The number of Topliss-reactive ketones (excluding diaryl/α,β-unsaturated/α-hetero) is 2. The van der Waals surface area contributed by atoms with E-state index in [1.54, 1.807) is 22.6 Å². The molecule has 1 fully saturated rings. The van der Waals surface area contributed by atoms with Gasteiger partial charge in [-0.05, 0) is 35.4 Å². The molecule has 35 heavy (non-hydrogen) atoms. The normalized spacial score (nSPS) is 22.9. The number of nitrogens with zero attached hydrogens (tertiary/aromatic N) is 1. The highest BCUT2D eigenvalue weighted by Crippen LogP contribution is 2.40. The maximum Gasteiger partial charge on any atom is 0.330 e. The number of unbranched alkanes of at least 4 members (excludes halogenated alkanes) is 8. The molecule has 0 bridgehead atoms. The van der Waals surface area contributed by atoms with Gasteiger partial charge >= 0.3 is 5.69 Å². The quantitative estimate of drug-likeness (QED) is 0.194. The lowest BCUT2D eigenvalue weighted by Gasteiger charge is -2.29. The molecule has 1 aliphatic heterocycles. The largest absolute Gasteiger partial charge is 0.382 e. The van der Waals surface area contributed by atoms with Crippen LogP contribution in [0, 0.1) is 3.57 Å². The van der Waals surface area contributed by atoms with E-state index in [0.29, 0.717) is 12.8 Å². The monoisotopic (exact) mass is 606 g/mol. The predicted molar refractivity (Wildman–Crippen MR) is 140 cm³/mol. The zero-order valence-electron chi connectivity index (χ0n) is 20.8. The lowest BCUT2D eigenvalue weighted by molar-refractivity contribution is -0.160. The van der Waals surface area contributed by atoms with Crippen LogP contribution in [-0.4, -0.2) is 49.1 Å². The fraction of sp³-hybridized carbons (Fsp3) is 0.760. The Kier molecular flexibility index (Phi) is 12.3. The number of halogens is 1. The predicted octanol–water partition coefficient (Wildman–Crippen LogP) is 3.38. The highest BCUT2D eigenvalue weighted by molar-refractivity contribution is 14.1. The first kappa shape index (κ1) is 29.9. The Hall–Kier alpha value is -1.37. The van der Waals surface area contributed by atoms with Crippen molar-refractivity contribution in [3.8, 4) is 0 Å². The second-order valence-corrected chi connectivity index (χ2v) is 10.6. The summed E-state index contributed by atoms with van der Waals surface area (Å²) >= 11 is 1.77. The van der Waals surface area contributed by atoms with Crippen molar-refractivity contribution in [3.63, 3.8) is 0 Å². The molecule has 10 heteroatoms. The minimum Gasteiger partial charge on any atom is -0.382 e. The summed E-state index contributed by atoms with van der Waals surface area (Å²) in [4.78, 5) is 52.2. The fourth-order valence-corrected chi connectivity index (χ4v) is 4.92. The number of hydrogen-bond donors (Lipinski definition) is 3. The first-order valence-corrected chi connectivity index (χ1v) is 13.9. The van der Waals surface area contributed by atoms with E-state index < -0.39 is 46.9 Å². The van der Waals surface area contributed by atoms with E-state index in [2.05, 4.69) is 18.8 Å². The van der Waals surface area contributed by atoms with Gasteiger partial charge in [-0.2, -0.15) is 0 Å². The number of ketones is 2. The standard InChI is InChI=1S/C25H39IN2O7/c1-3-5-7-9-11-13-18(29)21(31)22-25(34,19(30)14-12-10-8-6-4-2)15-20(35-22)28-16-17(26)23(32)27-24(28)33/h16,20-22,31,34H,3-15H2,1-2H3,(H,27,32,33)/t20-,21?,22-,25-/m1/s1. The number of rotatable bonds is 16. The number of H-pyrrole nitrogens is 1. The minimum absolute atomic E-state index is 0.0861. The summed E-state index contributed by atoms with van der Waals surface area (Å²) in [6.45, 7) is 4.19. The van der Waals surface area contributed by atoms with Gasteiger partial charge in [-0.15, -0.1) is 0 Å². The molecule has 0 radical (unpaired) electrons. The van der Waals surface area contributed by atoms with Gasteiger partial charge in [0.15, 0.2) is 17.2 Å². The second-order valence-electron chi connectivity index (χ2n) is 9.45. The van der Waals surface area contributed by atoms with E-state index >= 15 is 0 Å². The molecule has 1 aromatic heterocycles. The molecule has 1 aromatic rings. The van der Waals surface area contributed by atoms with E-state index in [0.717, 1.165) is 55.9 Å². The third-order valence-electron chi connectivity index (χ3n) is 6.63. The molecule has 0 aromatic carbocycles. The van der Waals surface area contributed by atoms with Crippen LogP contribution in [0.3, 0.4) is 0 Å². The van der Waals surface area contributed by atoms with Crippen LogP contribution in [0.4, 0.5) is 0 Å². The maximum atomic E-state index is 13.2. The van der Waals surface area contributed by atoms with Crippen LogP contribution in [0.1, 0.15) is 104 Å². The van der Waals surface area contributed by atoms with Crippen LogP contribution in [-0.2, 0) is 14.3 Å². The SMILES string of the molecule is CCCCCCCC(=O)C(O)[C@H]1O[C@@H](n2cc(I)c(=O)[nH]c2=O)C[C@@]1(O)C(=O)CCCCCCC. The summed E-state index contributed by atoms with van der Waals surface area (Å²) in [6, 6.07) is 0. The topological polar surface area (TPSA) is 139 Å². The van der Waals surface area contributed by atoms with E-state index in [1.165, 1.54) is 6.20 Å². The molecule has 1 unspecified atom stereocenters. The molecule has 1 aliphatic rings. The van der Waals surface area contributed by atoms with E-state index in [9.17, 15) is 29.4 Å². The summed E-state index contributed by atoms with van der Waals surface area (Å²) in [5.41, 5.74) is -3.43. The maximum absolute atomic E-state index is 13.2. The summed E-state index contributed by atoms with van der Waals surface area (Å²) in [6.07, 6.45) is 6.01. The number of aromatic nitrogens is 2. The van der Waals surface area contributed by atoms with Crippen molar-refractivity contribution in [1.29, 1.82) is 0 Å². The Labute approximate surface area is 219 Å². The Bertz CT molecular complexity index is 960. The minimum atomic E-state index is -2.12. The zero-order chi connectivity index (χ0) is 26.0. The molecule has 0 spiro atoms. The molecular formula is C25H39IN2O7. The Balaban J connectivity index is 2.21. The third-order valence-corrected chi connectivity index (χ3v) is 7.40. The first-order chi connectivity index (χ1) is 16.7. The van der Waals surface area contributed by atoms with Gasteiger partial charge in [0, 0.05) is 25.5 Å². The van der Waals surface area contributed by atoms with Crippen molar-refractivity contribution in [2.75, 3.05) is 0 Å². The first-order valence-electron chi connectivity index (χ1n) is 12.8. The highest BCUT2D eigenvalue weighted by atomic mass is 127. The van der Waals surface area contributed by atoms with Gasteiger partial charge in [-0.3, -0.25) is 23.9 Å². The van der Waals surface area contributed by atoms with Gasteiger partial charge in [0.1, 0.15) is 18.4 Å². The number of aliphatic hydroxyl groups is 2. The number of aromatic amines is 1. The molecule has 1 saturated heterocycles. The Morgan fingerprint density at radius 1 is 1.09 bits per heavy atom. The molecule has 2 heterocycles. The molecule has 9 nitrogen and oxygen atoms in total. The zero-order valence-corrected chi connectivity index (χ0v) is 22.9. The smallest absolute Gasteiger partial charge is 0.330 e. The van der Waals surface area contributed by atoms with Crippen molar-refractivity contribution >= 4 is 34.2 Å². The van der Waals surface area contributed by atoms with E-state index in [-0.39, 0.29) is 22.8 Å². The van der Waals surface area contributed by atoms with Crippen molar-refractivity contribution in [1.82, 2.24) is 9.55 Å². The molecule has 3 N–H and O–H groups in total. The van der Waals surface area contributed by atoms with Crippen LogP contribution < -0.4 is 11.2 Å². The summed E-state index contributed by atoms with van der Waals surface area (Å²) in [5.74, 6) is -1.01. The number of carbonyl (C=O) groups excluding carboxylic acids is 2. The van der Waals surface area contributed by atoms with Crippen molar-refractivity contribution in [3.05, 3.63) is 30.6 Å². The van der Waals surface area contributed by atoms with Crippen LogP contribution in [0.25, 0.3) is 0 Å². The molecule has 0 aliphatic carbocycles. The molecular weight excluding hydrogens is 567 g/mol. The summed E-state index contributed by atoms with van der Waals surface area (Å²) < 4.78 is 7.14. The van der Waals surface area contributed by atoms with Gasteiger partial charge in [-0.25, -0.2) is 4.79 Å². The third kappa shape index (κ3) is 8.06. The Morgan fingerprint density at radius 3 is 2.26 bits per heavy atom. The van der Waals surface area contributed by atoms with Gasteiger partial charge in [-0.1, -0.05) is 65.2 Å². The van der Waals surface area contributed by atoms with Gasteiger partial charge in [0.25, 0.3) is 5.56 Å². The number of carbonyl (C=O) groups is 2. The van der Waals surface area contributed by atoms with Crippen LogP contribution in [0.5, 0.6) is 0 Å². The number of hydrogen-bond acceptors (Lipinski definition) is 7. The number of nitrogens with one attached hydrogen (secondary N) is 1. The number of aliphatic hydroxyl groups excluding tert-OH is 1. The van der Waals surface area contributed by atoms with Crippen molar-refractivity contribution in [2.24, 2.45) is 0 Å². The van der Waals surface area contributed by atoms with E-state index in [1.807, 2.05) is 0 Å². The number of ether oxygens (including phenoxy) is 1. The molecule has 4 atom stereocenters. The van der Waals surface area contributed by atoms with Gasteiger partial charge < -0.3 is 14.9 Å². The van der Waals surface area contributed by atoms with Crippen LogP contribution in [0.2, 0.25) is 0 Å². The Morgan fingerprint density at radius 2 is 1.66 bits per heavy atom. The molecule has 0 saturated carbocycles. The average molecular weight is 606 g/mol. The lowest BCUT2D eigenvalue weighted by atomic mass is 9.83. The van der Waals surface area contributed by atoms with Crippen LogP contribution in [0.15, 0.2) is 15.8 Å². The van der Waals surface area contributed by atoms with Gasteiger partial charge in [0.05, 0.1) is 3.57 Å². The van der Waals surface area contributed by atoms with Crippen LogP contribution >= 0.6 is 22.6 Å². The highest BCUT2D eigenvalue weighted by Gasteiger charge is 2.56. The fourth-order valence-electron chi connectivity index (χ4n) is 4.48. The van der Waals surface area contributed by atoms with Gasteiger partial charge in [0.2, 0.25) is 0 Å². The molecule has 0 amide bonds. The average Bonchev–Trinajstić information content (AvgIpc) is 3.18. The molecule has 2 rings (SSSR count). The van der Waals surface area contributed by atoms with E-state index in [4.69, 9.17) is 4.74 Å². The molecule has 198 valence electrons. The summed E-state index contributed by atoms with van der Waals surface area (Å²) in [7, 11) is 0. The second kappa shape index (κ2) is 14.4. The van der Waals surface area contributed by atoms with Crippen molar-refractivity contribution in [2.45, 2.75) is 121 Å². The lowest BCUT2D eigenvalue weighted by Crippen LogP contribution is -2.53.